The molecule has 1 aliphatic rings. The minimum Gasteiger partial charge on any atom is -0.305 e. The maximum atomic E-state index is 11.8. The van der Waals surface area contributed by atoms with Crippen LogP contribution in [0.5, 0.6) is 0 Å². The third kappa shape index (κ3) is 2.31. The molecule has 92 valence electrons. The summed E-state index contributed by atoms with van der Waals surface area (Å²) < 4.78 is 14.9. The Labute approximate surface area is 110 Å². The van der Waals surface area contributed by atoms with Gasteiger partial charge in [0.05, 0.1) is 5.75 Å². The number of nitrogens with one attached hydrogen (secondary N) is 1. The predicted molar refractivity (Wildman–Crippen MR) is 76.0 cm³/mol. The molecule has 1 heterocycles. The zero-order valence-electron chi connectivity index (χ0n) is 10.0. The summed E-state index contributed by atoms with van der Waals surface area (Å²) in [6.07, 6.45) is 0.950. The molecular weight excluding hydrogens is 242 g/mol. The largest absolute Gasteiger partial charge is 0.305 e. The highest BCUT2D eigenvalue weighted by atomic mass is 32.2. The van der Waals surface area contributed by atoms with Crippen molar-refractivity contribution in [2.24, 2.45) is 0 Å². The Morgan fingerprint density at radius 1 is 1.06 bits per heavy atom. The summed E-state index contributed by atoms with van der Waals surface area (Å²) >= 11 is 0. The third-order valence-corrected chi connectivity index (χ3v) is 4.45. The number of rotatable bonds is 2. The van der Waals surface area contributed by atoms with Crippen molar-refractivity contribution in [2.75, 3.05) is 10.5 Å². The number of para-hydroxylation sites is 1. The van der Waals surface area contributed by atoms with Crippen LogP contribution >= 0.6 is 0 Å². The summed E-state index contributed by atoms with van der Waals surface area (Å²) in [5, 5.41) is 0. The predicted octanol–water partition coefficient (Wildman–Crippen LogP) is 3.10. The van der Waals surface area contributed by atoms with E-state index in [1.165, 1.54) is 11.1 Å². The lowest BCUT2D eigenvalue weighted by Crippen LogP contribution is -2.24. The van der Waals surface area contributed by atoms with E-state index in [9.17, 15) is 4.21 Å². The van der Waals surface area contributed by atoms with Crippen LogP contribution in [0, 0.1) is 0 Å². The summed E-state index contributed by atoms with van der Waals surface area (Å²) in [6.45, 7) is 0. The quantitative estimate of drug-likeness (QED) is 0.880. The Kier molecular flexibility index (Phi) is 3.15. The van der Waals surface area contributed by atoms with Gasteiger partial charge < -0.3 is 4.72 Å². The van der Waals surface area contributed by atoms with Crippen LogP contribution in [0.25, 0.3) is 0 Å². The lowest BCUT2D eigenvalue weighted by atomic mass is 9.92. The van der Waals surface area contributed by atoms with E-state index in [-0.39, 0.29) is 0 Å². The zero-order valence-corrected chi connectivity index (χ0v) is 10.8. The molecule has 0 fully saturated rings. The van der Waals surface area contributed by atoms with E-state index in [1.807, 2.05) is 24.3 Å². The monoisotopic (exact) mass is 257 g/mol. The van der Waals surface area contributed by atoms with E-state index in [4.69, 9.17) is 0 Å². The van der Waals surface area contributed by atoms with Gasteiger partial charge in [0.25, 0.3) is 0 Å². The summed E-state index contributed by atoms with van der Waals surface area (Å²) in [7, 11) is -0.955. The molecule has 1 unspecified atom stereocenters. The van der Waals surface area contributed by atoms with Gasteiger partial charge in [-0.05, 0) is 23.6 Å². The lowest BCUT2D eigenvalue weighted by molar-refractivity contribution is 0.671. The summed E-state index contributed by atoms with van der Waals surface area (Å²) in [5.41, 5.74) is 3.60. The Bertz CT molecular complexity index is 568. The van der Waals surface area contributed by atoms with Gasteiger partial charge >= 0.3 is 0 Å². The van der Waals surface area contributed by atoms with Crippen molar-refractivity contribution < 1.29 is 4.21 Å². The molecule has 0 amide bonds. The molecule has 3 rings (SSSR count). The molecule has 2 atom stereocenters. The van der Waals surface area contributed by atoms with Crippen molar-refractivity contribution in [1.82, 2.24) is 0 Å². The van der Waals surface area contributed by atoms with Crippen molar-refractivity contribution in [2.45, 2.75) is 12.3 Å². The Morgan fingerprint density at radius 2 is 1.78 bits per heavy atom. The molecule has 0 bridgehead atoms. The molecule has 3 heteroatoms. The van der Waals surface area contributed by atoms with Crippen LogP contribution in [0.1, 0.15) is 17.0 Å². The fourth-order valence-corrected chi connectivity index (χ4v) is 3.63. The molecule has 0 radical (unpaired) electrons. The molecule has 0 spiro atoms. The summed E-state index contributed by atoms with van der Waals surface area (Å²) in [6, 6.07) is 18.6. The molecule has 2 aromatic carbocycles. The first-order valence-corrected chi connectivity index (χ1v) is 7.43. The zero-order chi connectivity index (χ0) is 12.4. The first kappa shape index (κ1) is 11.5. The van der Waals surface area contributed by atoms with E-state index in [1.54, 1.807) is 0 Å². The highest BCUT2D eigenvalue weighted by Gasteiger charge is 2.23. The van der Waals surface area contributed by atoms with Crippen LogP contribution in [0.2, 0.25) is 0 Å². The molecule has 0 aromatic heterocycles. The van der Waals surface area contributed by atoms with Crippen LogP contribution < -0.4 is 4.72 Å². The van der Waals surface area contributed by atoms with Crippen molar-refractivity contribution >= 4 is 16.7 Å². The molecule has 18 heavy (non-hydrogen) atoms. The van der Waals surface area contributed by atoms with Gasteiger partial charge in [-0.3, -0.25) is 0 Å². The Morgan fingerprint density at radius 3 is 2.61 bits per heavy atom. The number of hydrogen-bond donors (Lipinski definition) is 1. The van der Waals surface area contributed by atoms with Gasteiger partial charge in [0.15, 0.2) is 0 Å². The summed E-state index contributed by atoms with van der Waals surface area (Å²) in [5.74, 6) is 1.03. The second-order valence-electron chi connectivity index (χ2n) is 4.59. The molecule has 0 saturated heterocycles. The van der Waals surface area contributed by atoms with Crippen molar-refractivity contribution in [3.63, 3.8) is 0 Å². The minimum atomic E-state index is -0.955. The van der Waals surface area contributed by atoms with E-state index < -0.39 is 11.0 Å². The number of anilines is 1. The topological polar surface area (TPSA) is 29.1 Å². The SMILES string of the molecule is O=S1C[C@H](Cc2ccccc2)c2ccccc2N1. The standard InChI is InChI=1S/C15H15NOS/c17-18-11-13(10-12-6-2-1-3-7-12)14-8-4-5-9-15(14)16-18/h1-9,13,16H,10-11H2/t13-,18?/m0/s1. The van der Waals surface area contributed by atoms with Gasteiger partial charge in [-0.2, -0.15) is 0 Å². The van der Waals surface area contributed by atoms with Crippen molar-refractivity contribution in [3.05, 3.63) is 65.7 Å². The van der Waals surface area contributed by atoms with Gasteiger partial charge in [-0.1, -0.05) is 48.5 Å². The van der Waals surface area contributed by atoms with Gasteiger partial charge in [-0.15, -0.1) is 0 Å². The first-order valence-electron chi connectivity index (χ1n) is 6.11. The van der Waals surface area contributed by atoms with Crippen LogP contribution in [0.3, 0.4) is 0 Å². The highest BCUT2D eigenvalue weighted by molar-refractivity contribution is 7.86. The molecule has 0 aliphatic carbocycles. The van der Waals surface area contributed by atoms with E-state index >= 15 is 0 Å². The average Bonchev–Trinajstić information content (AvgIpc) is 2.40. The van der Waals surface area contributed by atoms with E-state index in [0.29, 0.717) is 11.7 Å². The molecule has 2 aromatic rings. The normalized spacial score (nSPS) is 22.0. The summed E-state index contributed by atoms with van der Waals surface area (Å²) in [4.78, 5) is 0. The van der Waals surface area contributed by atoms with Gasteiger partial charge in [0.1, 0.15) is 11.0 Å². The van der Waals surface area contributed by atoms with Crippen molar-refractivity contribution in [3.8, 4) is 0 Å². The smallest absolute Gasteiger partial charge is 0.117 e. The van der Waals surface area contributed by atoms with Crippen LogP contribution in [-0.2, 0) is 17.4 Å². The lowest BCUT2D eigenvalue weighted by Gasteiger charge is -2.25. The van der Waals surface area contributed by atoms with E-state index in [2.05, 4.69) is 35.1 Å². The third-order valence-electron chi connectivity index (χ3n) is 3.30. The van der Waals surface area contributed by atoms with Crippen LogP contribution in [-0.4, -0.2) is 9.96 Å². The first-order chi connectivity index (χ1) is 8.83. The van der Waals surface area contributed by atoms with Crippen molar-refractivity contribution in [1.29, 1.82) is 0 Å². The maximum absolute atomic E-state index is 11.8. The molecule has 0 saturated carbocycles. The average molecular weight is 257 g/mol. The second kappa shape index (κ2) is 4.94. The van der Waals surface area contributed by atoms with Gasteiger partial charge in [-0.25, -0.2) is 4.21 Å². The highest BCUT2D eigenvalue weighted by Crippen LogP contribution is 2.32. The van der Waals surface area contributed by atoms with Gasteiger partial charge in [0.2, 0.25) is 0 Å². The minimum absolute atomic E-state index is 0.339. The molecule has 2 nitrogen and oxygen atoms in total. The number of hydrogen-bond acceptors (Lipinski definition) is 1. The number of benzene rings is 2. The Balaban J connectivity index is 1.91. The fourth-order valence-electron chi connectivity index (χ4n) is 2.45. The maximum Gasteiger partial charge on any atom is 0.117 e. The Hall–Kier alpha value is -1.61. The van der Waals surface area contributed by atoms with Crippen LogP contribution in [0.4, 0.5) is 5.69 Å². The fraction of sp³-hybridized carbons (Fsp3) is 0.200. The number of fused-ring (bicyclic) bond motifs is 1. The van der Waals surface area contributed by atoms with E-state index in [0.717, 1.165) is 12.1 Å². The molecular formula is C15H15NOS. The molecule has 1 aliphatic heterocycles. The molecule has 1 N–H and O–H groups in total. The van der Waals surface area contributed by atoms with Crippen LogP contribution in [0.15, 0.2) is 54.6 Å². The second-order valence-corrected chi connectivity index (χ2v) is 5.82. The van der Waals surface area contributed by atoms with Gasteiger partial charge in [0, 0.05) is 11.6 Å².